The zero-order valence-electron chi connectivity index (χ0n) is 10.3. The fraction of sp³-hybridized carbons (Fsp3) is 0.538. The Hall–Kier alpha value is -1.00. The Bertz CT molecular complexity index is 370. The van der Waals surface area contributed by atoms with Crippen LogP contribution >= 0.6 is 0 Å². The molecule has 2 N–H and O–H groups in total. The molecule has 0 fully saturated rings. The third-order valence-electron chi connectivity index (χ3n) is 2.84. The van der Waals surface area contributed by atoms with Crippen LogP contribution in [0.4, 0.5) is 8.78 Å². The Morgan fingerprint density at radius 1 is 1.41 bits per heavy atom. The molecule has 0 amide bonds. The number of hydrogen-bond acceptors (Lipinski definition) is 2. The lowest BCUT2D eigenvalue weighted by Gasteiger charge is -2.25. The molecular formula is C13H19F2NO. The molecule has 0 spiro atoms. The third-order valence-corrected chi connectivity index (χ3v) is 2.84. The van der Waals surface area contributed by atoms with Crippen molar-refractivity contribution in [1.82, 2.24) is 0 Å². The van der Waals surface area contributed by atoms with Crippen LogP contribution in [0.3, 0.4) is 0 Å². The number of benzene rings is 1. The van der Waals surface area contributed by atoms with Crippen LogP contribution in [-0.4, -0.2) is 20.3 Å². The normalized spacial score (nSPS) is 14.6. The highest BCUT2D eigenvalue weighted by molar-refractivity contribution is 5.28. The lowest BCUT2D eigenvalue weighted by molar-refractivity contribution is 0.0301. The van der Waals surface area contributed by atoms with Crippen molar-refractivity contribution in [3.8, 4) is 0 Å². The Morgan fingerprint density at radius 2 is 2.12 bits per heavy atom. The fourth-order valence-electron chi connectivity index (χ4n) is 1.78. The van der Waals surface area contributed by atoms with E-state index >= 15 is 0 Å². The lowest BCUT2D eigenvalue weighted by Crippen LogP contribution is -2.27. The zero-order chi connectivity index (χ0) is 12.9. The topological polar surface area (TPSA) is 35.2 Å². The summed E-state index contributed by atoms with van der Waals surface area (Å²) in [7, 11) is 1.43. The van der Waals surface area contributed by atoms with Crippen LogP contribution in [0.2, 0.25) is 0 Å². The van der Waals surface area contributed by atoms with E-state index in [9.17, 15) is 8.78 Å². The average Bonchev–Trinajstić information content (AvgIpc) is 2.30. The van der Waals surface area contributed by atoms with Crippen molar-refractivity contribution in [1.29, 1.82) is 0 Å². The molecule has 1 rings (SSSR count). The monoisotopic (exact) mass is 243 g/mol. The molecule has 0 aromatic heterocycles. The molecule has 2 nitrogen and oxygen atoms in total. The van der Waals surface area contributed by atoms with E-state index in [1.165, 1.54) is 13.2 Å². The first kappa shape index (κ1) is 14.1. The van der Waals surface area contributed by atoms with Crippen LogP contribution < -0.4 is 5.73 Å². The van der Waals surface area contributed by atoms with Gasteiger partial charge in [0, 0.05) is 7.11 Å². The van der Waals surface area contributed by atoms with Gasteiger partial charge in [0.2, 0.25) is 0 Å². The Kier molecular flexibility index (Phi) is 5.02. The van der Waals surface area contributed by atoms with E-state index in [0.29, 0.717) is 24.1 Å². The van der Waals surface area contributed by atoms with E-state index in [0.717, 1.165) is 0 Å². The standard InChI is InChI=1S/C13H19F2NO/c1-10-4-5-11(8-12(10)14)13(15,9-17-2)6-3-7-16/h4-5,8H,3,6-7,9,16H2,1-2H3. The highest BCUT2D eigenvalue weighted by Crippen LogP contribution is 2.32. The summed E-state index contributed by atoms with van der Waals surface area (Å²) in [5, 5.41) is 0. The van der Waals surface area contributed by atoms with Crippen LogP contribution in [0.1, 0.15) is 24.0 Å². The van der Waals surface area contributed by atoms with Gasteiger partial charge in [-0.3, -0.25) is 0 Å². The van der Waals surface area contributed by atoms with Gasteiger partial charge >= 0.3 is 0 Å². The number of nitrogens with two attached hydrogens (primary N) is 1. The molecule has 1 aromatic carbocycles. The largest absolute Gasteiger partial charge is 0.381 e. The van der Waals surface area contributed by atoms with Crippen LogP contribution in [0.15, 0.2) is 18.2 Å². The molecule has 0 saturated heterocycles. The van der Waals surface area contributed by atoms with E-state index in [1.807, 2.05) is 0 Å². The molecule has 0 saturated carbocycles. The molecule has 1 unspecified atom stereocenters. The fourth-order valence-corrected chi connectivity index (χ4v) is 1.78. The summed E-state index contributed by atoms with van der Waals surface area (Å²) in [6.07, 6.45) is 0.773. The molecule has 0 aliphatic heterocycles. The highest BCUT2D eigenvalue weighted by atomic mass is 19.1. The summed E-state index contributed by atoms with van der Waals surface area (Å²) in [5.74, 6) is -0.395. The van der Waals surface area contributed by atoms with Gasteiger partial charge in [0.25, 0.3) is 0 Å². The quantitative estimate of drug-likeness (QED) is 0.833. The maximum atomic E-state index is 14.7. The van der Waals surface area contributed by atoms with Gasteiger partial charge < -0.3 is 10.5 Å². The molecule has 0 aliphatic carbocycles. The predicted molar refractivity (Wildman–Crippen MR) is 64.1 cm³/mol. The van der Waals surface area contributed by atoms with E-state index in [-0.39, 0.29) is 13.0 Å². The van der Waals surface area contributed by atoms with Gasteiger partial charge in [-0.1, -0.05) is 12.1 Å². The van der Waals surface area contributed by atoms with Crippen LogP contribution in [-0.2, 0) is 10.4 Å². The Balaban J connectivity index is 2.99. The van der Waals surface area contributed by atoms with Gasteiger partial charge in [-0.25, -0.2) is 8.78 Å². The van der Waals surface area contributed by atoms with E-state index < -0.39 is 11.5 Å². The highest BCUT2D eigenvalue weighted by Gasteiger charge is 2.31. The second-order valence-electron chi connectivity index (χ2n) is 4.25. The number of rotatable bonds is 6. The molecular weight excluding hydrogens is 224 g/mol. The lowest BCUT2D eigenvalue weighted by atomic mass is 9.91. The minimum atomic E-state index is -1.66. The summed E-state index contributed by atoms with van der Waals surface area (Å²) in [6, 6.07) is 4.43. The predicted octanol–water partition coefficient (Wildman–Crippen LogP) is 2.68. The summed E-state index contributed by atoms with van der Waals surface area (Å²) in [4.78, 5) is 0. The number of halogens is 2. The molecule has 0 bridgehead atoms. The number of ether oxygens (including phenoxy) is 1. The summed E-state index contributed by atoms with van der Waals surface area (Å²) >= 11 is 0. The van der Waals surface area contributed by atoms with Crippen molar-refractivity contribution >= 4 is 0 Å². The number of alkyl halides is 1. The van der Waals surface area contributed by atoms with Gasteiger partial charge in [0.05, 0.1) is 6.61 Å². The first-order chi connectivity index (χ1) is 8.03. The van der Waals surface area contributed by atoms with Crippen molar-refractivity contribution in [2.24, 2.45) is 5.73 Å². The van der Waals surface area contributed by atoms with Gasteiger partial charge in [0.15, 0.2) is 5.67 Å². The van der Waals surface area contributed by atoms with E-state index in [1.54, 1.807) is 19.1 Å². The maximum absolute atomic E-state index is 14.7. The maximum Gasteiger partial charge on any atom is 0.159 e. The van der Waals surface area contributed by atoms with Gasteiger partial charge in [0.1, 0.15) is 5.82 Å². The van der Waals surface area contributed by atoms with Gasteiger partial charge in [-0.15, -0.1) is 0 Å². The minimum absolute atomic E-state index is 0.0878. The van der Waals surface area contributed by atoms with E-state index in [4.69, 9.17) is 10.5 Å². The first-order valence-corrected chi connectivity index (χ1v) is 5.68. The van der Waals surface area contributed by atoms with Gasteiger partial charge in [-0.05, 0) is 43.5 Å². The van der Waals surface area contributed by atoms with Crippen LogP contribution in [0, 0.1) is 12.7 Å². The minimum Gasteiger partial charge on any atom is -0.381 e. The summed E-state index contributed by atoms with van der Waals surface area (Å²) < 4.78 is 33.0. The molecule has 0 radical (unpaired) electrons. The van der Waals surface area contributed by atoms with Crippen molar-refractivity contribution in [2.75, 3.05) is 20.3 Å². The number of methoxy groups -OCH3 is 1. The second kappa shape index (κ2) is 6.07. The van der Waals surface area contributed by atoms with Crippen LogP contribution in [0.5, 0.6) is 0 Å². The SMILES string of the molecule is COCC(F)(CCCN)c1ccc(C)c(F)c1. The van der Waals surface area contributed by atoms with Gasteiger partial charge in [-0.2, -0.15) is 0 Å². The zero-order valence-corrected chi connectivity index (χ0v) is 10.3. The first-order valence-electron chi connectivity index (χ1n) is 5.68. The third kappa shape index (κ3) is 3.48. The second-order valence-corrected chi connectivity index (χ2v) is 4.25. The number of hydrogen-bond donors (Lipinski definition) is 1. The van der Waals surface area contributed by atoms with Crippen molar-refractivity contribution < 1.29 is 13.5 Å². The average molecular weight is 243 g/mol. The van der Waals surface area contributed by atoms with Crippen LogP contribution in [0.25, 0.3) is 0 Å². The Labute approximate surface area is 101 Å². The van der Waals surface area contributed by atoms with Crippen molar-refractivity contribution in [3.63, 3.8) is 0 Å². The molecule has 1 atom stereocenters. The molecule has 1 aromatic rings. The summed E-state index contributed by atoms with van der Waals surface area (Å²) in [6.45, 7) is 1.97. The molecule has 96 valence electrons. The number of aryl methyl sites for hydroxylation is 1. The van der Waals surface area contributed by atoms with Crippen molar-refractivity contribution in [2.45, 2.75) is 25.4 Å². The Morgan fingerprint density at radius 3 is 2.65 bits per heavy atom. The smallest absolute Gasteiger partial charge is 0.159 e. The molecule has 0 heterocycles. The van der Waals surface area contributed by atoms with Crippen molar-refractivity contribution in [3.05, 3.63) is 35.1 Å². The summed E-state index contributed by atoms with van der Waals surface area (Å²) in [5.41, 5.74) is 4.54. The molecule has 17 heavy (non-hydrogen) atoms. The van der Waals surface area contributed by atoms with E-state index in [2.05, 4.69) is 0 Å². The molecule has 4 heteroatoms. The molecule has 0 aliphatic rings.